The molecule has 0 aliphatic rings. The fraction of sp³-hybridized carbons (Fsp3) is 0.485. The Kier molecular flexibility index (Phi) is 9.55. The minimum Gasteiger partial charge on any atom is -0.342 e. The maximum atomic E-state index is 14.8. The van der Waals surface area contributed by atoms with Crippen LogP contribution in [-0.2, 0) is 32.1 Å². The van der Waals surface area contributed by atoms with E-state index in [0.717, 1.165) is 100 Å². The smallest absolute Gasteiger partial charge is 0.127 e. The molecule has 0 fully saturated rings. The molecule has 3 aromatic carbocycles. The first-order valence-electron chi connectivity index (χ1n) is 14.3. The number of nitrogens with zero attached hydrogens (tertiary/aromatic N) is 1. The zero-order valence-corrected chi connectivity index (χ0v) is 22.6. The molecule has 0 aliphatic heterocycles. The first-order chi connectivity index (χ1) is 17.6. The van der Waals surface area contributed by atoms with Crippen LogP contribution >= 0.6 is 0 Å². The number of hydrogen-bond donors (Lipinski definition) is 1. The molecule has 192 valence electrons. The third-order valence-corrected chi connectivity index (χ3v) is 7.45. The number of imidazole rings is 1. The summed E-state index contributed by atoms with van der Waals surface area (Å²) in [6.07, 6.45) is 14.0. The van der Waals surface area contributed by atoms with Crippen LogP contribution < -0.4 is 0 Å². The van der Waals surface area contributed by atoms with Gasteiger partial charge in [0, 0.05) is 6.42 Å². The van der Waals surface area contributed by atoms with Gasteiger partial charge in [0.1, 0.15) is 11.6 Å². The summed E-state index contributed by atoms with van der Waals surface area (Å²) in [5.41, 5.74) is 7.33. The number of halogens is 1. The van der Waals surface area contributed by atoms with Crippen LogP contribution in [0.3, 0.4) is 0 Å². The second-order valence-corrected chi connectivity index (χ2v) is 10.4. The van der Waals surface area contributed by atoms with E-state index < -0.39 is 0 Å². The van der Waals surface area contributed by atoms with Crippen LogP contribution in [0.4, 0.5) is 4.39 Å². The Morgan fingerprint density at radius 1 is 0.667 bits per heavy atom. The van der Waals surface area contributed by atoms with E-state index in [2.05, 4.69) is 62.2 Å². The number of nitrogens with one attached hydrogen (secondary N) is 1. The number of aromatic amines is 1. The summed E-state index contributed by atoms with van der Waals surface area (Å²) in [7, 11) is 0. The Labute approximate surface area is 216 Å². The minimum absolute atomic E-state index is 0.0409. The fourth-order valence-electron chi connectivity index (χ4n) is 5.49. The monoisotopic (exact) mass is 486 g/mol. The van der Waals surface area contributed by atoms with E-state index in [1.165, 1.54) is 33.1 Å². The van der Waals surface area contributed by atoms with Crippen LogP contribution in [0.15, 0.2) is 42.5 Å². The highest BCUT2D eigenvalue weighted by Crippen LogP contribution is 2.26. The molecular weight excluding hydrogens is 443 g/mol. The van der Waals surface area contributed by atoms with Crippen LogP contribution in [0, 0.1) is 5.82 Å². The maximum absolute atomic E-state index is 14.8. The predicted octanol–water partition coefficient (Wildman–Crippen LogP) is 9.45. The Morgan fingerprint density at radius 2 is 1.39 bits per heavy atom. The molecule has 3 heteroatoms. The number of hydrogen-bond acceptors (Lipinski definition) is 1. The van der Waals surface area contributed by atoms with E-state index in [9.17, 15) is 4.39 Å². The molecule has 0 spiro atoms. The zero-order chi connectivity index (χ0) is 25.3. The number of aromatic nitrogens is 2. The van der Waals surface area contributed by atoms with Crippen molar-refractivity contribution >= 4 is 21.8 Å². The molecule has 1 N–H and O–H groups in total. The van der Waals surface area contributed by atoms with Crippen molar-refractivity contribution in [3.63, 3.8) is 0 Å². The molecular formula is C33H43FN2. The highest BCUT2D eigenvalue weighted by atomic mass is 19.1. The topological polar surface area (TPSA) is 28.7 Å². The predicted molar refractivity (Wildman–Crippen MR) is 152 cm³/mol. The van der Waals surface area contributed by atoms with Crippen molar-refractivity contribution in [2.24, 2.45) is 0 Å². The molecule has 0 saturated heterocycles. The van der Waals surface area contributed by atoms with Crippen molar-refractivity contribution in [1.29, 1.82) is 0 Å². The Morgan fingerprint density at radius 3 is 2.19 bits per heavy atom. The lowest BCUT2D eigenvalue weighted by atomic mass is 9.96. The van der Waals surface area contributed by atoms with Crippen LogP contribution in [0.1, 0.15) is 100 Å². The third-order valence-electron chi connectivity index (χ3n) is 7.45. The van der Waals surface area contributed by atoms with E-state index in [-0.39, 0.29) is 5.82 Å². The van der Waals surface area contributed by atoms with Crippen molar-refractivity contribution in [2.75, 3.05) is 0 Å². The van der Waals surface area contributed by atoms with E-state index >= 15 is 0 Å². The molecule has 1 heterocycles. The zero-order valence-electron chi connectivity index (χ0n) is 22.6. The molecule has 0 atom stereocenters. The largest absolute Gasteiger partial charge is 0.342 e. The van der Waals surface area contributed by atoms with Gasteiger partial charge in [0.2, 0.25) is 0 Å². The van der Waals surface area contributed by atoms with Gasteiger partial charge in [-0.25, -0.2) is 9.37 Å². The molecule has 0 radical (unpaired) electrons. The first kappa shape index (κ1) is 26.4. The van der Waals surface area contributed by atoms with Gasteiger partial charge in [-0.05, 0) is 90.1 Å². The second kappa shape index (κ2) is 13.0. The molecule has 0 bridgehead atoms. The summed E-state index contributed by atoms with van der Waals surface area (Å²) in [5.74, 6) is 1.08. The maximum Gasteiger partial charge on any atom is 0.127 e. The standard InChI is InChI=1S/C33H43FN2/c1-4-7-9-16-28-22-27-18-12-17-24(29(27)23-30(28)34)15-10-8-11-19-31-35-32-25(13-5-2)20-21-26(14-6-3)33(32)36-31/h12,17-18,20-23H,4-11,13-16,19H2,1-3H3,(H,35,36). The Hall–Kier alpha value is -2.68. The van der Waals surface area contributed by atoms with Crippen molar-refractivity contribution < 1.29 is 4.39 Å². The van der Waals surface area contributed by atoms with Gasteiger partial charge < -0.3 is 4.98 Å². The molecule has 0 unspecified atom stereocenters. The van der Waals surface area contributed by atoms with Gasteiger partial charge in [-0.1, -0.05) is 83.2 Å². The summed E-state index contributed by atoms with van der Waals surface area (Å²) in [6.45, 7) is 6.66. The normalized spacial score (nSPS) is 11.7. The minimum atomic E-state index is -0.0409. The molecule has 2 nitrogen and oxygen atoms in total. The molecule has 0 amide bonds. The molecule has 0 saturated carbocycles. The Balaban J connectivity index is 1.36. The van der Waals surface area contributed by atoms with E-state index in [1.54, 1.807) is 6.07 Å². The lowest BCUT2D eigenvalue weighted by molar-refractivity contribution is 0.600. The number of fused-ring (bicyclic) bond motifs is 2. The summed E-state index contributed by atoms with van der Waals surface area (Å²) >= 11 is 0. The third kappa shape index (κ3) is 6.35. The fourth-order valence-corrected chi connectivity index (χ4v) is 5.49. The van der Waals surface area contributed by atoms with Crippen molar-refractivity contribution in [3.05, 3.63) is 76.4 Å². The Bertz CT molecular complexity index is 1230. The van der Waals surface area contributed by atoms with E-state index in [0.29, 0.717) is 0 Å². The molecule has 36 heavy (non-hydrogen) atoms. The van der Waals surface area contributed by atoms with Crippen LogP contribution in [-0.4, -0.2) is 9.97 Å². The van der Waals surface area contributed by atoms with Gasteiger partial charge in [-0.2, -0.15) is 0 Å². The highest BCUT2D eigenvalue weighted by Gasteiger charge is 2.12. The van der Waals surface area contributed by atoms with Gasteiger partial charge in [0.05, 0.1) is 11.0 Å². The van der Waals surface area contributed by atoms with Gasteiger partial charge in [-0.3, -0.25) is 0 Å². The van der Waals surface area contributed by atoms with E-state index in [1.807, 2.05) is 0 Å². The average molecular weight is 487 g/mol. The van der Waals surface area contributed by atoms with Gasteiger partial charge in [0.15, 0.2) is 0 Å². The first-order valence-corrected chi connectivity index (χ1v) is 14.3. The SMILES string of the molecule is CCCCCc1cc2cccc(CCCCCc3nc4c(CCC)ccc(CCC)c4[nH]3)c2cc1F. The number of benzene rings is 3. The lowest BCUT2D eigenvalue weighted by Crippen LogP contribution is -1.95. The summed E-state index contributed by atoms with van der Waals surface area (Å²) in [5, 5.41) is 2.26. The van der Waals surface area contributed by atoms with Gasteiger partial charge in [0.25, 0.3) is 0 Å². The average Bonchev–Trinajstić information content (AvgIpc) is 3.31. The van der Waals surface area contributed by atoms with Crippen LogP contribution in [0.5, 0.6) is 0 Å². The summed E-state index contributed by atoms with van der Waals surface area (Å²) in [4.78, 5) is 8.68. The number of unbranched alkanes of at least 4 members (excludes halogenated alkanes) is 4. The number of rotatable bonds is 14. The molecule has 1 aromatic heterocycles. The molecule has 0 aliphatic carbocycles. The summed E-state index contributed by atoms with van der Waals surface area (Å²) < 4.78 is 14.8. The quantitative estimate of drug-likeness (QED) is 0.177. The van der Waals surface area contributed by atoms with Gasteiger partial charge >= 0.3 is 0 Å². The number of aryl methyl sites for hydroxylation is 5. The van der Waals surface area contributed by atoms with Crippen molar-refractivity contribution in [1.82, 2.24) is 9.97 Å². The van der Waals surface area contributed by atoms with Crippen molar-refractivity contribution in [2.45, 2.75) is 104 Å². The summed E-state index contributed by atoms with van der Waals surface area (Å²) in [6, 6.07) is 14.8. The van der Waals surface area contributed by atoms with Crippen molar-refractivity contribution in [3.8, 4) is 0 Å². The highest BCUT2D eigenvalue weighted by molar-refractivity contribution is 5.86. The molecule has 4 aromatic rings. The van der Waals surface area contributed by atoms with Crippen LogP contribution in [0.2, 0.25) is 0 Å². The van der Waals surface area contributed by atoms with Gasteiger partial charge in [-0.15, -0.1) is 0 Å². The van der Waals surface area contributed by atoms with E-state index in [4.69, 9.17) is 4.98 Å². The number of H-pyrrole nitrogens is 1. The second-order valence-electron chi connectivity index (χ2n) is 10.4. The molecule has 4 rings (SSSR count). The lowest BCUT2D eigenvalue weighted by Gasteiger charge is -2.10. The van der Waals surface area contributed by atoms with Crippen LogP contribution in [0.25, 0.3) is 21.8 Å².